The molecule has 0 saturated heterocycles. The molecule has 0 heterocycles. The van der Waals surface area contributed by atoms with E-state index in [1.165, 1.54) is 7.11 Å². The van der Waals surface area contributed by atoms with Crippen molar-refractivity contribution in [1.29, 1.82) is 0 Å². The topological polar surface area (TPSA) is 55.4 Å². The summed E-state index contributed by atoms with van der Waals surface area (Å²) in [6, 6.07) is 5.01. The molecule has 1 N–H and O–H groups in total. The third-order valence-electron chi connectivity index (χ3n) is 2.08. The normalized spacial score (nSPS) is 11.8. The van der Waals surface area contributed by atoms with Gasteiger partial charge < -0.3 is 10.1 Å². The minimum Gasteiger partial charge on any atom is -0.468 e. The van der Waals surface area contributed by atoms with E-state index in [4.69, 9.17) is 11.6 Å². The molecule has 0 saturated carbocycles. The third-order valence-corrected chi connectivity index (χ3v) is 4.35. The molecule has 18 heavy (non-hydrogen) atoms. The lowest BCUT2D eigenvalue weighted by Gasteiger charge is -2.09. The monoisotopic (exact) mass is 445 g/mol. The summed E-state index contributed by atoms with van der Waals surface area (Å²) in [4.78, 5) is 22.3. The van der Waals surface area contributed by atoms with Crippen molar-refractivity contribution in [2.45, 2.75) is 4.83 Å². The molecule has 4 nitrogen and oxygen atoms in total. The second kappa shape index (κ2) is 7.30. The van der Waals surface area contributed by atoms with Gasteiger partial charge in [0.15, 0.2) is 0 Å². The number of benzene rings is 1. The van der Waals surface area contributed by atoms with E-state index in [1.807, 2.05) is 0 Å². The van der Waals surface area contributed by atoms with Crippen molar-refractivity contribution in [2.24, 2.45) is 0 Å². The van der Waals surface area contributed by atoms with Crippen LogP contribution < -0.4 is 5.32 Å². The van der Waals surface area contributed by atoms with Crippen molar-refractivity contribution in [3.8, 4) is 0 Å². The third kappa shape index (κ3) is 4.40. The number of esters is 1. The van der Waals surface area contributed by atoms with Crippen LogP contribution in [0.2, 0.25) is 5.02 Å². The SMILES string of the molecule is COC(=O)C(Br)CNC(=O)c1ccc(I)c(Cl)c1. The lowest BCUT2D eigenvalue weighted by atomic mass is 10.2. The number of alkyl halides is 1. The minimum atomic E-state index is -0.564. The van der Waals surface area contributed by atoms with Crippen LogP contribution in [0, 0.1) is 3.57 Å². The summed E-state index contributed by atoms with van der Waals surface area (Å²) in [7, 11) is 1.29. The van der Waals surface area contributed by atoms with Crippen LogP contribution in [-0.2, 0) is 9.53 Å². The summed E-state index contributed by atoms with van der Waals surface area (Å²) in [6.45, 7) is 0.148. The number of hydrogen-bond donors (Lipinski definition) is 1. The van der Waals surface area contributed by atoms with Gasteiger partial charge in [0, 0.05) is 15.7 Å². The first-order chi connectivity index (χ1) is 8.45. The van der Waals surface area contributed by atoms with E-state index in [0.29, 0.717) is 10.6 Å². The number of halogens is 3. The van der Waals surface area contributed by atoms with E-state index in [0.717, 1.165) is 3.57 Å². The minimum absolute atomic E-state index is 0.148. The maximum atomic E-state index is 11.8. The van der Waals surface area contributed by atoms with Gasteiger partial charge in [-0.05, 0) is 40.8 Å². The fraction of sp³-hybridized carbons (Fsp3) is 0.273. The Hall–Kier alpha value is -0.340. The van der Waals surface area contributed by atoms with Crippen molar-refractivity contribution in [3.05, 3.63) is 32.4 Å². The predicted octanol–water partition coefficient (Wildman–Crippen LogP) is 2.61. The predicted molar refractivity (Wildman–Crippen MR) is 81.2 cm³/mol. The summed E-state index contributed by atoms with van der Waals surface area (Å²) in [5, 5.41) is 3.13. The largest absolute Gasteiger partial charge is 0.468 e. The summed E-state index contributed by atoms with van der Waals surface area (Å²) in [5.41, 5.74) is 0.449. The Morgan fingerprint density at radius 1 is 1.56 bits per heavy atom. The van der Waals surface area contributed by atoms with Gasteiger partial charge in [-0.15, -0.1) is 0 Å². The van der Waals surface area contributed by atoms with Gasteiger partial charge in [0.05, 0.1) is 12.1 Å². The smallest absolute Gasteiger partial charge is 0.321 e. The van der Waals surface area contributed by atoms with Crippen LogP contribution in [0.5, 0.6) is 0 Å². The molecule has 0 spiro atoms. The first kappa shape index (κ1) is 15.7. The standard InChI is InChI=1S/C11H10BrClINO3/c1-18-11(17)7(12)5-15-10(16)6-2-3-9(14)8(13)4-6/h2-4,7H,5H2,1H3,(H,15,16). The van der Waals surface area contributed by atoms with Gasteiger partial charge in [-0.2, -0.15) is 0 Å². The molecular formula is C11H10BrClINO3. The van der Waals surface area contributed by atoms with Crippen molar-refractivity contribution in [3.63, 3.8) is 0 Å². The van der Waals surface area contributed by atoms with Gasteiger partial charge in [-0.25, -0.2) is 0 Å². The van der Waals surface area contributed by atoms with Crippen LogP contribution in [0.3, 0.4) is 0 Å². The summed E-state index contributed by atoms with van der Waals surface area (Å²) >= 11 is 11.1. The van der Waals surface area contributed by atoms with Crippen molar-refractivity contribution in [1.82, 2.24) is 5.32 Å². The Bertz CT molecular complexity index is 470. The summed E-state index contributed by atoms with van der Waals surface area (Å²) < 4.78 is 5.40. The van der Waals surface area contributed by atoms with Gasteiger partial charge in [0.25, 0.3) is 5.91 Å². The number of hydrogen-bond acceptors (Lipinski definition) is 3. The molecule has 0 aliphatic carbocycles. The molecule has 0 fully saturated rings. The Morgan fingerprint density at radius 3 is 2.78 bits per heavy atom. The first-order valence-corrected chi connectivity index (χ1v) is 7.28. The molecule has 1 amide bonds. The van der Waals surface area contributed by atoms with Crippen LogP contribution in [0.15, 0.2) is 18.2 Å². The summed E-state index contributed by atoms with van der Waals surface area (Å²) in [5.74, 6) is -0.724. The van der Waals surface area contributed by atoms with Gasteiger partial charge in [-0.3, -0.25) is 9.59 Å². The van der Waals surface area contributed by atoms with Crippen LogP contribution in [0.4, 0.5) is 0 Å². The van der Waals surface area contributed by atoms with Crippen LogP contribution in [0.1, 0.15) is 10.4 Å². The second-order valence-electron chi connectivity index (χ2n) is 3.33. The van der Waals surface area contributed by atoms with E-state index in [9.17, 15) is 9.59 Å². The molecule has 0 radical (unpaired) electrons. The van der Waals surface area contributed by atoms with Crippen LogP contribution in [-0.4, -0.2) is 30.4 Å². The Labute approximate surface area is 132 Å². The summed E-state index contributed by atoms with van der Waals surface area (Å²) in [6.07, 6.45) is 0. The number of nitrogens with one attached hydrogen (secondary N) is 1. The van der Waals surface area contributed by atoms with Gasteiger partial charge in [0.1, 0.15) is 4.83 Å². The van der Waals surface area contributed by atoms with Crippen LogP contribution in [0.25, 0.3) is 0 Å². The maximum absolute atomic E-state index is 11.8. The van der Waals surface area contributed by atoms with E-state index in [-0.39, 0.29) is 12.5 Å². The molecule has 1 atom stereocenters. The van der Waals surface area contributed by atoms with Crippen molar-refractivity contribution >= 4 is 62.0 Å². The van der Waals surface area contributed by atoms with E-state index in [1.54, 1.807) is 18.2 Å². The molecule has 0 aliphatic heterocycles. The van der Waals surface area contributed by atoms with E-state index < -0.39 is 10.8 Å². The maximum Gasteiger partial charge on any atom is 0.321 e. The lowest BCUT2D eigenvalue weighted by molar-refractivity contribution is -0.139. The fourth-order valence-corrected chi connectivity index (χ4v) is 2.00. The molecule has 1 aromatic rings. The fourth-order valence-electron chi connectivity index (χ4n) is 1.13. The Kier molecular flexibility index (Phi) is 6.37. The molecule has 0 bridgehead atoms. The van der Waals surface area contributed by atoms with Gasteiger partial charge >= 0.3 is 5.97 Å². The Morgan fingerprint density at radius 2 is 2.22 bits per heavy atom. The molecule has 7 heteroatoms. The molecular weight excluding hydrogens is 436 g/mol. The lowest BCUT2D eigenvalue weighted by Crippen LogP contribution is -2.33. The zero-order valence-electron chi connectivity index (χ0n) is 9.38. The molecule has 98 valence electrons. The van der Waals surface area contributed by atoms with Gasteiger partial charge in [0.2, 0.25) is 0 Å². The highest BCUT2D eigenvalue weighted by Crippen LogP contribution is 2.19. The molecule has 1 unspecified atom stereocenters. The average Bonchev–Trinajstić information content (AvgIpc) is 2.37. The number of amides is 1. The van der Waals surface area contributed by atoms with Gasteiger partial charge in [-0.1, -0.05) is 27.5 Å². The Balaban J connectivity index is 2.60. The van der Waals surface area contributed by atoms with Crippen LogP contribution >= 0.6 is 50.1 Å². The van der Waals surface area contributed by atoms with E-state index >= 15 is 0 Å². The number of carbonyl (C=O) groups excluding carboxylic acids is 2. The highest BCUT2D eigenvalue weighted by atomic mass is 127. The molecule has 0 aliphatic rings. The van der Waals surface area contributed by atoms with Crippen molar-refractivity contribution in [2.75, 3.05) is 13.7 Å². The number of carbonyl (C=O) groups is 2. The zero-order valence-corrected chi connectivity index (χ0v) is 13.9. The van der Waals surface area contributed by atoms with E-state index in [2.05, 4.69) is 48.6 Å². The second-order valence-corrected chi connectivity index (χ2v) is 6.00. The quantitative estimate of drug-likeness (QED) is 0.440. The number of methoxy groups -OCH3 is 1. The van der Waals surface area contributed by atoms with Crippen molar-refractivity contribution < 1.29 is 14.3 Å². The molecule has 1 aromatic carbocycles. The average molecular weight is 446 g/mol. The molecule has 1 rings (SSSR count). The first-order valence-electron chi connectivity index (χ1n) is 4.91. The highest BCUT2D eigenvalue weighted by Gasteiger charge is 2.16. The zero-order chi connectivity index (χ0) is 13.7. The number of ether oxygens (including phenoxy) is 1. The number of rotatable bonds is 4. The highest BCUT2D eigenvalue weighted by molar-refractivity contribution is 14.1. The molecule has 0 aromatic heterocycles.